The van der Waals surface area contributed by atoms with Crippen molar-refractivity contribution >= 4 is 80.2 Å². The topological polar surface area (TPSA) is 104 Å². The van der Waals surface area contributed by atoms with Gasteiger partial charge in [0, 0.05) is 55.9 Å². The average molecular weight is 574 g/mol. The first-order chi connectivity index (χ1) is 18.2. The van der Waals surface area contributed by atoms with E-state index in [1.165, 1.54) is 0 Å². The fourth-order valence-corrected chi connectivity index (χ4v) is 5.97. The van der Waals surface area contributed by atoms with Crippen molar-refractivity contribution in [3.63, 3.8) is 0 Å². The maximum absolute atomic E-state index is 13.1. The van der Waals surface area contributed by atoms with Gasteiger partial charge < -0.3 is 19.7 Å². The van der Waals surface area contributed by atoms with Crippen molar-refractivity contribution in [2.45, 2.75) is 25.1 Å². The highest BCUT2D eigenvalue weighted by atomic mass is 35.5. The van der Waals surface area contributed by atoms with Gasteiger partial charge in [-0.05, 0) is 49.4 Å². The number of carbonyl (C=O) groups excluding carboxylic acids is 4. The number of thioether (sulfide) groups is 1. The Morgan fingerprint density at radius 1 is 1.05 bits per heavy atom. The molecule has 0 spiro atoms. The van der Waals surface area contributed by atoms with Gasteiger partial charge in [-0.1, -0.05) is 35.0 Å². The van der Waals surface area contributed by atoms with Crippen LogP contribution in [0.4, 0.5) is 16.2 Å². The van der Waals surface area contributed by atoms with Crippen LogP contribution in [0.25, 0.3) is 10.9 Å². The van der Waals surface area contributed by atoms with Crippen molar-refractivity contribution in [3.05, 3.63) is 58.2 Å². The lowest BCUT2D eigenvalue weighted by Gasteiger charge is -2.36. The Balaban J connectivity index is 1.19. The summed E-state index contributed by atoms with van der Waals surface area (Å²) in [5.74, 6) is -0.771. The third-order valence-electron chi connectivity index (χ3n) is 6.77. The van der Waals surface area contributed by atoms with E-state index in [1.54, 1.807) is 17.0 Å². The number of nitrogens with zero attached hydrogens (tertiary/aromatic N) is 3. The van der Waals surface area contributed by atoms with E-state index in [1.807, 2.05) is 41.8 Å². The molecule has 9 nitrogen and oxygen atoms in total. The number of benzene rings is 2. The van der Waals surface area contributed by atoms with Crippen molar-refractivity contribution in [1.82, 2.24) is 14.8 Å². The van der Waals surface area contributed by atoms with Gasteiger partial charge in [-0.3, -0.25) is 24.5 Å². The third kappa shape index (κ3) is 5.21. The number of aryl methyl sites for hydroxylation is 1. The van der Waals surface area contributed by atoms with Crippen LogP contribution in [-0.4, -0.2) is 63.9 Å². The number of fused-ring (bicyclic) bond motifs is 1. The fraction of sp³-hybridized carbons (Fsp3) is 0.308. The molecule has 12 heteroatoms. The van der Waals surface area contributed by atoms with Crippen molar-refractivity contribution < 1.29 is 19.2 Å². The minimum absolute atomic E-state index is 0.0207. The number of aromatic nitrogens is 1. The van der Waals surface area contributed by atoms with E-state index in [2.05, 4.69) is 15.5 Å². The Hall–Kier alpha value is -3.21. The van der Waals surface area contributed by atoms with E-state index in [0.29, 0.717) is 54.2 Å². The second-order valence-electron chi connectivity index (χ2n) is 9.02. The zero-order chi connectivity index (χ0) is 27.0. The third-order valence-corrected chi connectivity index (χ3v) is 8.57. The summed E-state index contributed by atoms with van der Waals surface area (Å²) in [4.78, 5) is 52.7. The molecular formula is C26H25Cl2N5O4S. The molecule has 2 fully saturated rings. The molecule has 3 heterocycles. The van der Waals surface area contributed by atoms with Gasteiger partial charge in [0.1, 0.15) is 10.9 Å². The van der Waals surface area contributed by atoms with Crippen LogP contribution in [0.1, 0.15) is 23.8 Å². The number of halogens is 2. The first kappa shape index (κ1) is 26.4. The molecule has 2 aromatic carbocycles. The quantitative estimate of drug-likeness (QED) is 0.446. The molecule has 0 aliphatic carbocycles. The number of carbonyl (C=O) groups is 4. The molecule has 1 unspecified atom stereocenters. The summed E-state index contributed by atoms with van der Waals surface area (Å²) in [6.45, 7) is 4.89. The second kappa shape index (κ2) is 10.9. The molecule has 1 aromatic heterocycles. The zero-order valence-electron chi connectivity index (χ0n) is 20.5. The minimum atomic E-state index is -0.649. The minimum Gasteiger partial charge on any atom is -0.368 e. The number of imide groups is 1. The molecule has 198 valence electrons. The van der Waals surface area contributed by atoms with Gasteiger partial charge in [-0.15, -0.1) is 0 Å². The summed E-state index contributed by atoms with van der Waals surface area (Å²) in [7, 11) is 0. The van der Waals surface area contributed by atoms with Gasteiger partial charge in [0.05, 0.1) is 15.6 Å². The van der Waals surface area contributed by atoms with Gasteiger partial charge in [-0.25, -0.2) is 0 Å². The maximum atomic E-state index is 13.1. The van der Waals surface area contributed by atoms with Crippen LogP contribution in [0.5, 0.6) is 0 Å². The van der Waals surface area contributed by atoms with E-state index in [-0.39, 0.29) is 18.2 Å². The van der Waals surface area contributed by atoms with E-state index in [4.69, 9.17) is 23.2 Å². The van der Waals surface area contributed by atoms with E-state index in [0.717, 1.165) is 28.4 Å². The number of hydrogen-bond donors (Lipinski definition) is 2. The fourth-order valence-electron chi connectivity index (χ4n) is 4.78. The summed E-state index contributed by atoms with van der Waals surface area (Å²) >= 11 is 13.4. The highest BCUT2D eigenvalue weighted by molar-refractivity contribution is 8.15. The molecule has 4 amide bonds. The number of anilines is 2. The Kier molecular flexibility index (Phi) is 7.56. The van der Waals surface area contributed by atoms with Gasteiger partial charge >= 0.3 is 0 Å². The monoisotopic (exact) mass is 573 g/mol. The van der Waals surface area contributed by atoms with Crippen LogP contribution in [0.3, 0.4) is 0 Å². The molecule has 0 radical (unpaired) electrons. The SMILES string of the molecule is CCn1c(C(=O)Nc2ccc(N3CCN(C(=O)CC4SC(=O)NC4=O)CC3)cc2)cc2c(Cl)c(Cl)ccc21. The van der Waals surface area contributed by atoms with Crippen LogP contribution in [0.15, 0.2) is 42.5 Å². The number of hydrogen-bond acceptors (Lipinski definition) is 6. The number of amides is 4. The Morgan fingerprint density at radius 3 is 2.39 bits per heavy atom. The van der Waals surface area contributed by atoms with E-state index >= 15 is 0 Å². The first-order valence-electron chi connectivity index (χ1n) is 12.2. The normalized spacial score (nSPS) is 17.7. The summed E-state index contributed by atoms with van der Waals surface area (Å²) in [6.07, 6.45) is 0.0207. The summed E-state index contributed by atoms with van der Waals surface area (Å²) in [6, 6.07) is 12.9. The average Bonchev–Trinajstić information content (AvgIpc) is 3.45. The smallest absolute Gasteiger partial charge is 0.286 e. The Morgan fingerprint density at radius 2 is 1.76 bits per heavy atom. The highest BCUT2D eigenvalue weighted by Gasteiger charge is 2.35. The van der Waals surface area contributed by atoms with Crippen LogP contribution in [0, 0.1) is 0 Å². The standard InChI is InChI=1S/C26H25Cl2N5O4S/c1-2-33-19-8-7-18(27)23(28)17(19)13-20(33)24(35)29-15-3-5-16(6-4-15)31-9-11-32(12-10-31)22(34)14-21-25(36)30-26(37)38-21/h3-8,13,21H,2,9-12,14H2,1H3,(H,29,35)(H,30,36,37). The summed E-state index contributed by atoms with van der Waals surface area (Å²) in [5.41, 5.74) is 2.98. The molecule has 1 atom stereocenters. The Labute approximate surface area is 233 Å². The molecule has 2 aliphatic heterocycles. The van der Waals surface area contributed by atoms with E-state index < -0.39 is 16.4 Å². The van der Waals surface area contributed by atoms with Crippen LogP contribution < -0.4 is 15.5 Å². The molecule has 0 saturated carbocycles. The van der Waals surface area contributed by atoms with Gasteiger partial charge in [0.15, 0.2) is 0 Å². The predicted molar refractivity (Wildman–Crippen MR) is 150 cm³/mol. The van der Waals surface area contributed by atoms with Gasteiger partial charge in [0.2, 0.25) is 11.8 Å². The van der Waals surface area contributed by atoms with Gasteiger partial charge in [0.25, 0.3) is 11.1 Å². The molecule has 3 aromatic rings. The van der Waals surface area contributed by atoms with Crippen LogP contribution in [-0.2, 0) is 16.1 Å². The van der Waals surface area contributed by atoms with Crippen molar-refractivity contribution in [2.24, 2.45) is 0 Å². The molecule has 2 saturated heterocycles. The molecular weight excluding hydrogens is 549 g/mol. The molecule has 5 rings (SSSR count). The summed E-state index contributed by atoms with van der Waals surface area (Å²) < 4.78 is 1.90. The molecule has 38 heavy (non-hydrogen) atoms. The lowest BCUT2D eigenvalue weighted by atomic mass is 10.2. The van der Waals surface area contributed by atoms with Crippen LogP contribution in [0.2, 0.25) is 10.0 Å². The lowest BCUT2D eigenvalue weighted by molar-refractivity contribution is -0.133. The van der Waals surface area contributed by atoms with Crippen molar-refractivity contribution in [3.8, 4) is 0 Å². The van der Waals surface area contributed by atoms with Crippen LogP contribution >= 0.6 is 35.0 Å². The molecule has 0 bridgehead atoms. The summed E-state index contributed by atoms with van der Waals surface area (Å²) in [5, 5.41) is 5.72. The van der Waals surface area contributed by atoms with Gasteiger partial charge in [-0.2, -0.15) is 0 Å². The number of piperazine rings is 1. The lowest BCUT2D eigenvalue weighted by Crippen LogP contribution is -2.49. The number of rotatable bonds is 6. The van der Waals surface area contributed by atoms with Crippen molar-refractivity contribution in [1.29, 1.82) is 0 Å². The molecule has 2 N–H and O–H groups in total. The number of nitrogens with one attached hydrogen (secondary N) is 2. The maximum Gasteiger partial charge on any atom is 0.286 e. The molecule has 2 aliphatic rings. The first-order valence-corrected chi connectivity index (χ1v) is 13.8. The highest BCUT2D eigenvalue weighted by Crippen LogP contribution is 2.33. The van der Waals surface area contributed by atoms with Crippen molar-refractivity contribution in [2.75, 3.05) is 36.4 Å². The van der Waals surface area contributed by atoms with E-state index in [9.17, 15) is 19.2 Å². The predicted octanol–water partition coefficient (Wildman–Crippen LogP) is 4.61. The second-order valence-corrected chi connectivity index (χ2v) is 11.0. The largest absolute Gasteiger partial charge is 0.368 e. The Bertz CT molecular complexity index is 1430. The zero-order valence-corrected chi connectivity index (χ0v) is 22.8.